The molecule has 4 rings (SSSR count). The molecule has 4 nitrogen and oxygen atoms in total. The van der Waals surface area contributed by atoms with E-state index in [-0.39, 0.29) is 11.8 Å². The van der Waals surface area contributed by atoms with Crippen LogP contribution in [0, 0.1) is 5.92 Å². The molecule has 1 N–H and O–H groups in total. The maximum Gasteiger partial charge on any atom is 0.223 e. The SMILES string of the molecule is O=C(NCCC1=CCCCC1)C1CCN(Cc2ccc(OCc3ccccc3)cc2)CC1. The van der Waals surface area contributed by atoms with Crippen LogP contribution in [0.25, 0.3) is 0 Å². The number of hydrogen-bond donors (Lipinski definition) is 1. The molecule has 0 bridgehead atoms. The largest absolute Gasteiger partial charge is 0.489 e. The summed E-state index contributed by atoms with van der Waals surface area (Å²) in [6.07, 6.45) is 10.4. The minimum absolute atomic E-state index is 0.167. The number of carbonyl (C=O) groups excluding carboxylic acids is 1. The summed E-state index contributed by atoms with van der Waals surface area (Å²) < 4.78 is 5.89. The minimum Gasteiger partial charge on any atom is -0.489 e. The number of piperidine rings is 1. The van der Waals surface area contributed by atoms with Crippen molar-refractivity contribution >= 4 is 5.91 Å². The Labute approximate surface area is 192 Å². The standard InChI is InChI=1S/C28H36N2O2/c31-28(29-18-15-23-7-3-1-4-8-23)26-16-19-30(20-17-26)21-24-11-13-27(14-12-24)32-22-25-9-5-2-6-10-25/h2,5-7,9-14,26H,1,3-4,8,15-22H2,(H,29,31). The fraction of sp³-hybridized carbons (Fsp3) is 0.464. The van der Waals surface area contributed by atoms with Crippen molar-refractivity contribution in [2.24, 2.45) is 5.92 Å². The highest BCUT2D eigenvalue weighted by Gasteiger charge is 2.24. The summed E-state index contributed by atoms with van der Waals surface area (Å²) in [4.78, 5) is 15.0. The highest BCUT2D eigenvalue weighted by molar-refractivity contribution is 5.78. The number of rotatable bonds is 9. The molecule has 2 aliphatic rings. The quantitative estimate of drug-likeness (QED) is 0.533. The Balaban J connectivity index is 1.14. The van der Waals surface area contributed by atoms with Gasteiger partial charge in [0.2, 0.25) is 5.91 Å². The minimum atomic E-state index is 0.167. The number of likely N-dealkylation sites (tertiary alicyclic amines) is 1. The number of nitrogens with one attached hydrogen (secondary N) is 1. The second-order valence-electron chi connectivity index (χ2n) is 9.12. The molecule has 32 heavy (non-hydrogen) atoms. The lowest BCUT2D eigenvalue weighted by Crippen LogP contribution is -2.40. The van der Waals surface area contributed by atoms with Crippen LogP contribution < -0.4 is 10.1 Å². The van der Waals surface area contributed by atoms with Crippen LogP contribution in [0.1, 0.15) is 56.1 Å². The van der Waals surface area contributed by atoms with Gasteiger partial charge in [0.25, 0.3) is 0 Å². The highest BCUT2D eigenvalue weighted by atomic mass is 16.5. The summed E-state index contributed by atoms with van der Waals surface area (Å²) in [5.74, 6) is 1.32. The third-order valence-electron chi connectivity index (χ3n) is 6.67. The molecule has 1 heterocycles. The summed E-state index contributed by atoms with van der Waals surface area (Å²) >= 11 is 0. The van der Waals surface area contributed by atoms with E-state index in [9.17, 15) is 4.79 Å². The number of hydrogen-bond acceptors (Lipinski definition) is 3. The summed E-state index contributed by atoms with van der Waals surface area (Å²) in [5, 5.41) is 3.18. The van der Waals surface area contributed by atoms with E-state index < -0.39 is 0 Å². The van der Waals surface area contributed by atoms with Gasteiger partial charge in [-0.25, -0.2) is 0 Å². The van der Waals surface area contributed by atoms with E-state index >= 15 is 0 Å². The first-order chi connectivity index (χ1) is 15.8. The molecule has 0 radical (unpaired) electrons. The van der Waals surface area contributed by atoms with Crippen LogP contribution in [0.15, 0.2) is 66.2 Å². The molecule has 2 aromatic rings. The fourth-order valence-electron chi connectivity index (χ4n) is 4.67. The molecule has 1 amide bonds. The Morgan fingerprint density at radius 2 is 1.75 bits per heavy atom. The Morgan fingerprint density at radius 1 is 0.969 bits per heavy atom. The average molecular weight is 433 g/mol. The summed E-state index contributed by atoms with van der Waals surface area (Å²) in [7, 11) is 0. The zero-order valence-corrected chi connectivity index (χ0v) is 19.1. The molecular formula is C28H36N2O2. The third-order valence-corrected chi connectivity index (χ3v) is 6.67. The van der Waals surface area contributed by atoms with Gasteiger partial charge in [0.15, 0.2) is 0 Å². The topological polar surface area (TPSA) is 41.6 Å². The van der Waals surface area contributed by atoms with Crippen LogP contribution in [-0.2, 0) is 17.9 Å². The summed E-state index contributed by atoms with van der Waals surface area (Å²) in [5.41, 5.74) is 4.00. The van der Waals surface area contributed by atoms with Gasteiger partial charge in [0.05, 0.1) is 0 Å². The van der Waals surface area contributed by atoms with Crippen molar-refractivity contribution in [3.63, 3.8) is 0 Å². The van der Waals surface area contributed by atoms with Crippen LogP contribution >= 0.6 is 0 Å². The number of nitrogens with zero attached hydrogens (tertiary/aromatic N) is 1. The Hall–Kier alpha value is -2.59. The van der Waals surface area contributed by atoms with Gasteiger partial charge in [-0.1, -0.05) is 54.1 Å². The van der Waals surface area contributed by atoms with E-state index in [0.717, 1.165) is 51.2 Å². The van der Waals surface area contributed by atoms with Crippen molar-refractivity contribution in [3.8, 4) is 5.75 Å². The first-order valence-corrected chi connectivity index (χ1v) is 12.2. The first kappa shape index (κ1) is 22.6. The average Bonchev–Trinajstić information content (AvgIpc) is 2.85. The molecular weight excluding hydrogens is 396 g/mol. The second-order valence-corrected chi connectivity index (χ2v) is 9.12. The molecule has 0 saturated carbocycles. The normalized spacial score (nSPS) is 17.6. The van der Waals surface area contributed by atoms with Gasteiger partial charge < -0.3 is 10.1 Å². The Morgan fingerprint density at radius 3 is 2.47 bits per heavy atom. The summed E-state index contributed by atoms with van der Waals surface area (Å²) in [6, 6.07) is 18.6. The van der Waals surface area contributed by atoms with Crippen molar-refractivity contribution in [3.05, 3.63) is 77.4 Å². The van der Waals surface area contributed by atoms with Crippen LogP contribution in [0.5, 0.6) is 5.75 Å². The number of amides is 1. The highest BCUT2D eigenvalue weighted by Crippen LogP contribution is 2.22. The van der Waals surface area contributed by atoms with Crippen molar-refractivity contribution in [1.29, 1.82) is 0 Å². The van der Waals surface area contributed by atoms with E-state index in [0.29, 0.717) is 6.61 Å². The lowest BCUT2D eigenvalue weighted by molar-refractivity contribution is -0.126. The van der Waals surface area contributed by atoms with Gasteiger partial charge in [-0.3, -0.25) is 9.69 Å². The molecule has 0 unspecified atom stereocenters. The molecule has 170 valence electrons. The van der Waals surface area contributed by atoms with Crippen LogP contribution in [0.3, 0.4) is 0 Å². The lowest BCUT2D eigenvalue weighted by atomic mass is 9.95. The van der Waals surface area contributed by atoms with E-state index in [2.05, 4.69) is 52.7 Å². The van der Waals surface area contributed by atoms with E-state index in [4.69, 9.17) is 4.74 Å². The molecule has 1 aliphatic heterocycles. The third kappa shape index (κ3) is 6.96. The monoisotopic (exact) mass is 432 g/mol. The van der Waals surface area contributed by atoms with Crippen LogP contribution in [0.4, 0.5) is 0 Å². The first-order valence-electron chi connectivity index (χ1n) is 12.2. The predicted octanol–water partition coefficient (Wildman–Crippen LogP) is 5.48. The van der Waals surface area contributed by atoms with Gasteiger partial charge >= 0.3 is 0 Å². The van der Waals surface area contributed by atoms with E-state index in [1.165, 1.54) is 42.4 Å². The predicted molar refractivity (Wildman–Crippen MR) is 129 cm³/mol. The van der Waals surface area contributed by atoms with Gasteiger partial charge in [-0.05, 0) is 81.3 Å². The van der Waals surface area contributed by atoms with Crippen molar-refractivity contribution in [2.45, 2.75) is 58.1 Å². The summed E-state index contributed by atoms with van der Waals surface area (Å²) in [6.45, 7) is 4.28. The molecule has 1 aliphatic carbocycles. The Bertz CT molecular complexity index is 868. The zero-order chi connectivity index (χ0) is 22.0. The smallest absolute Gasteiger partial charge is 0.223 e. The number of benzene rings is 2. The van der Waals surface area contributed by atoms with Gasteiger partial charge in [-0.15, -0.1) is 0 Å². The van der Waals surface area contributed by atoms with Gasteiger partial charge in [-0.2, -0.15) is 0 Å². The zero-order valence-electron chi connectivity index (χ0n) is 19.1. The van der Waals surface area contributed by atoms with Gasteiger partial charge in [0, 0.05) is 19.0 Å². The molecule has 1 fully saturated rings. The number of allylic oxidation sites excluding steroid dienone is 1. The Kier molecular flexibility index (Phi) is 8.38. The van der Waals surface area contributed by atoms with Crippen molar-refractivity contribution < 1.29 is 9.53 Å². The fourth-order valence-corrected chi connectivity index (χ4v) is 4.67. The van der Waals surface area contributed by atoms with Crippen molar-refractivity contribution in [1.82, 2.24) is 10.2 Å². The van der Waals surface area contributed by atoms with Gasteiger partial charge in [0.1, 0.15) is 12.4 Å². The number of carbonyl (C=O) groups is 1. The van der Waals surface area contributed by atoms with Crippen molar-refractivity contribution in [2.75, 3.05) is 19.6 Å². The van der Waals surface area contributed by atoms with E-state index in [1.807, 2.05) is 18.2 Å². The van der Waals surface area contributed by atoms with Crippen LogP contribution in [-0.4, -0.2) is 30.4 Å². The molecule has 2 aromatic carbocycles. The van der Waals surface area contributed by atoms with E-state index in [1.54, 1.807) is 0 Å². The number of ether oxygens (including phenoxy) is 1. The maximum absolute atomic E-state index is 12.5. The molecule has 4 heteroatoms. The molecule has 0 spiro atoms. The lowest BCUT2D eigenvalue weighted by Gasteiger charge is -2.31. The second kappa shape index (κ2) is 11.9. The molecule has 0 atom stereocenters. The molecule has 1 saturated heterocycles. The maximum atomic E-state index is 12.5. The molecule has 0 aromatic heterocycles. The van der Waals surface area contributed by atoms with Crippen LogP contribution in [0.2, 0.25) is 0 Å².